The lowest BCUT2D eigenvalue weighted by Gasteiger charge is -2.23. The van der Waals surface area contributed by atoms with E-state index in [0.717, 1.165) is 17.4 Å². The van der Waals surface area contributed by atoms with Crippen LogP contribution in [0.4, 0.5) is 0 Å². The zero-order valence-corrected chi connectivity index (χ0v) is 14.2. The number of likely N-dealkylation sites (N-methyl/N-ethyl adjacent to an activating group) is 1. The van der Waals surface area contributed by atoms with E-state index >= 15 is 0 Å². The van der Waals surface area contributed by atoms with Crippen molar-refractivity contribution in [3.05, 3.63) is 0 Å². The molecule has 0 bridgehead atoms. The predicted molar refractivity (Wildman–Crippen MR) is 83.4 cm³/mol. The first-order valence-corrected chi connectivity index (χ1v) is 8.43. The molecule has 0 saturated carbocycles. The molecule has 0 atom stereocenters. The van der Waals surface area contributed by atoms with E-state index in [-0.39, 0.29) is 5.48 Å². The van der Waals surface area contributed by atoms with Crippen molar-refractivity contribution in [2.75, 3.05) is 34.3 Å². The quantitative estimate of drug-likeness (QED) is 0.314. The summed E-state index contributed by atoms with van der Waals surface area (Å²) in [4.78, 5) is 0. The maximum absolute atomic E-state index is 11.6. The van der Waals surface area contributed by atoms with E-state index in [1.165, 1.54) is 38.5 Å². The molecule has 114 valence electrons. The van der Waals surface area contributed by atoms with Crippen LogP contribution < -0.4 is 5.11 Å². The summed E-state index contributed by atoms with van der Waals surface area (Å²) in [5, 5.41) is 11.6. The van der Waals surface area contributed by atoms with Gasteiger partial charge in [0.15, 0.2) is 0 Å². The lowest BCUT2D eigenvalue weighted by Crippen LogP contribution is -2.37. The van der Waals surface area contributed by atoms with E-state index in [4.69, 9.17) is 4.52 Å². The molecule has 0 aliphatic carbocycles. The van der Waals surface area contributed by atoms with Crippen molar-refractivity contribution >= 4 is 13.9 Å². The first-order chi connectivity index (χ1) is 8.95. The Kier molecular flexibility index (Phi) is 11.9. The van der Waals surface area contributed by atoms with Crippen molar-refractivity contribution in [2.24, 2.45) is 0 Å². The van der Waals surface area contributed by atoms with Crippen LogP contribution in [0.3, 0.4) is 0 Å². The number of hydrogen-bond donors (Lipinski definition) is 0. The van der Waals surface area contributed by atoms with E-state index in [1.54, 1.807) is 0 Å². The van der Waals surface area contributed by atoms with Crippen molar-refractivity contribution < 1.29 is 14.1 Å². The molecule has 0 heterocycles. The van der Waals surface area contributed by atoms with Crippen LogP contribution in [0.2, 0.25) is 0 Å². The Morgan fingerprint density at radius 1 is 1.00 bits per heavy atom. The molecule has 0 aliphatic heterocycles. The third kappa shape index (κ3) is 16.0. The molecule has 0 N–H and O–H groups in total. The maximum Gasteiger partial charge on any atom is 0.106 e. The number of rotatable bonds is 12. The average molecular weight is 289 g/mol. The van der Waals surface area contributed by atoms with Gasteiger partial charge in [-0.2, -0.15) is 0 Å². The van der Waals surface area contributed by atoms with Crippen LogP contribution in [0.15, 0.2) is 0 Å². The third-order valence-electron chi connectivity index (χ3n) is 3.01. The zero-order valence-electron chi connectivity index (χ0n) is 13.3. The molecule has 0 aromatic heterocycles. The normalized spacial score (nSPS) is 13.0. The molecule has 3 nitrogen and oxygen atoms in total. The van der Waals surface area contributed by atoms with Gasteiger partial charge in [0.05, 0.1) is 21.1 Å². The minimum atomic E-state index is 0.231. The first-order valence-electron chi connectivity index (χ1n) is 7.62. The van der Waals surface area contributed by atoms with Gasteiger partial charge in [0, 0.05) is 8.43 Å². The van der Waals surface area contributed by atoms with Gasteiger partial charge < -0.3 is 14.1 Å². The van der Waals surface area contributed by atoms with E-state index in [1.807, 2.05) is 0 Å². The Hall–Kier alpha value is 0.0500. The zero-order chi connectivity index (χ0) is 14.6. The monoisotopic (exact) mass is 289 g/mol. The Morgan fingerprint density at radius 3 is 2.16 bits per heavy atom. The van der Waals surface area contributed by atoms with Gasteiger partial charge in [-0.15, -0.1) is 5.48 Å². The van der Waals surface area contributed by atoms with E-state index in [9.17, 15) is 5.11 Å². The van der Waals surface area contributed by atoms with Crippen molar-refractivity contribution in [2.45, 2.75) is 58.3 Å². The molecule has 4 heteroatoms. The molecule has 0 aromatic rings. The lowest BCUT2D eigenvalue weighted by molar-refractivity contribution is -0.870. The van der Waals surface area contributed by atoms with Crippen molar-refractivity contribution in [3.8, 4) is 0 Å². The second kappa shape index (κ2) is 11.8. The molecule has 0 aliphatic rings. The number of hydrogen-bond acceptors (Lipinski definition) is 2. The summed E-state index contributed by atoms with van der Waals surface area (Å²) in [5.74, 6) is 0. The number of unbranched alkanes of at least 4 members (excludes halogenated alkanes) is 6. The van der Waals surface area contributed by atoms with Gasteiger partial charge in [-0.25, -0.2) is 0 Å². The Balaban J connectivity index is 3.40. The Morgan fingerprint density at radius 2 is 1.58 bits per heavy atom. The summed E-state index contributed by atoms with van der Waals surface area (Å²) in [7, 11) is 6.92. The highest BCUT2D eigenvalue weighted by Gasteiger charge is 2.04. The van der Waals surface area contributed by atoms with Crippen LogP contribution in [0.25, 0.3) is 0 Å². The highest BCUT2D eigenvalue weighted by molar-refractivity contribution is 7.34. The molecule has 0 unspecified atom stereocenters. The van der Waals surface area contributed by atoms with E-state index < -0.39 is 0 Å². The van der Waals surface area contributed by atoms with Crippen LogP contribution in [0.1, 0.15) is 58.3 Å². The van der Waals surface area contributed by atoms with Gasteiger partial charge in [-0.1, -0.05) is 51.9 Å². The largest absolute Gasteiger partial charge is 0.826 e. The minimum absolute atomic E-state index is 0.231. The summed E-state index contributed by atoms with van der Waals surface area (Å²) in [6.07, 6.45) is 9.46. The maximum atomic E-state index is 11.6. The molecular formula is C15H32NO2P. The molecule has 0 spiro atoms. The SMILES string of the molecule is CCCCCCCCCC([O-])=POCC[N+](C)(C)C. The average Bonchev–Trinajstić information content (AvgIpc) is 2.32. The molecular weight excluding hydrogens is 257 g/mol. The highest BCUT2D eigenvalue weighted by atomic mass is 31.1. The highest BCUT2D eigenvalue weighted by Crippen LogP contribution is 2.10. The van der Waals surface area contributed by atoms with Gasteiger partial charge in [-0.3, -0.25) is 0 Å². The standard InChI is InChI=1S/C15H32NO2P/c1-5-6-7-8-9-10-11-12-15(17)19-18-14-13-16(2,3)4/h5-14H2,1-4H3. The first kappa shape index (κ1) is 19.1. The Bertz CT molecular complexity index is 237. The predicted octanol–water partition coefficient (Wildman–Crippen LogP) is 3.20. The molecule has 0 radical (unpaired) electrons. The fourth-order valence-corrected chi connectivity index (χ4v) is 2.28. The molecule has 19 heavy (non-hydrogen) atoms. The fraction of sp³-hybridized carbons (Fsp3) is 0.933. The number of nitrogens with zero attached hydrogens (tertiary/aromatic N) is 1. The second-order valence-electron chi connectivity index (χ2n) is 6.20. The van der Waals surface area contributed by atoms with Crippen LogP contribution in [0, 0.1) is 0 Å². The van der Waals surface area contributed by atoms with Gasteiger partial charge in [0.25, 0.3) is 0 Å². The van der Waals surface area contributed by atoms with Crippen molar-refractivity contribution in [3.63, 3.8) is 0 Å². The Labute approximate surface area is 121 Å². The molecule has 0 fully saturated rings. The smallest absolute Gasteiger partial charge is 0.106 e. The molecule has 0 aromatic carbocycles. The van der Waals surface area contributed by atoms with E-state index in [2.05, 4.69) is 28.1 Å². The van der Waals surface area contributed by atoms with Gasteiger partial charge >= 0.3 is 0 Å². The summed E-state index contributed by atoms with van der Waals surface area (Å²) >= 11 is 0. The third-order valence-corrected chi connectivity index (χ3v) is 3.75. The van der Waals surface area contributed by atoms with Gasteiger partial charge in [-0.05, 0) is 6.42 Å². The minimum Gasteiger partial charge on any atom is -0.826 e. The van der Waals surface area contributed by atoms with E-state index in [0.29, 0.717) is 21.5 Å². The number of quaternary nitrogens is 1. The molecule has 0 amide bonds. The van der Waals surface area contributed by atoms with Gasteiger partial charge in [0.2, 0.25) is 0 Å². The summed E-state index contributed by atoms with van der Waals surface area (Å²) in [6, 6.07) is 0. The molecule has 0 saturated heterocycles. The van der Waals surface area contributed by atoms with Crippen LogP contribution >= 0.6 is 8.43 Å². The second-order valence-corrected chi connectivity index (χ2v) is 7.14. The van der Waals surface area contributed by atoms with Crippen molar-refractivity contribution in [1.29, 1.82) is 0 Å². The summed E-state index contributed by atoms with van der Waals surface area (Å²) in [5.41, 5.74) is 0.231. The lowest BCUT2D eigenvalue weighted by atomic mass is 10.1. The topological polar surface area (TPSA) is 32.3 Å². The summed E-state index contributed by atoms with van der Waals surface area (Å²) < 4.78 is 6.27. The van der Waals surface area contributed by atoms with Crippen LogP contribution in [0.5, 0.6) is 0 Å². The fourth-order valence-electron chi connectivity index (χ4n) is 1.71. The summed E-state index contributed by atoms with van der Waals surface area (Å²) in [6.45, 7) is 3.84. The van der Waals surface area contributed by atoms with Gasteiger partial charge in [0.1, 0.15) is 13.2 Å². The van der Waals surface area contributed by atoms with Crippen molar-refractivity contribution in [1.82, 2.24) is 0 Å². The van der Waals surface area contributed by atoms with Crippen LogP contribution in [-0.2, 0) is 4.52 Å². The molecule has 0 rings (SSSR count). The van der Waals surface area contributed by atoms with Crippen LogP contribution in [-0.4, -0.2) is 44.3 Å².